The van der Waals surface area contributed by atoms with E-state index in [4.69, 9.17) is 0 Å². The SMILES string of the molecule is CC(=O)Nc1cc(C(=O)NCc2cnc(C)s2)ccc1C. The summed E-state index contributed by atoms with van der Waals surface area (Å²) in [4.78, 5) is 28.4. The Morgan fingerprint density at radius 2 is 2.05 bits per heavy atom. The number of thiazole rings is 1. The number of rotatable bonds is 4. The van der Waals surface area contributed by atoms with Gasteiger partial charge in [0.1, 0.15) is 0 Å². The lowest BCUT2D eigenvalue weighted by Crippen LogP contribution is -2.22. The first-order valence-corrected chi connectivity index (χ1v) is 7.35. The maximum absolute atomic E-state index is 12.1. The lowest BCUT2D eigenvalue weighted by atomic mass is 10.1. The summed E-state index contributed by atoms with van der Waals surface area (Å²) >= 11 is 1.56. The summed E-state index contributed by atoms with van der Waals surface area (Å²) in [5.41, 5.74) is 2.09. The Morgan fingerprint density at radius 3 is 2.67 bits per heavy atom. The summed E-state index contributed by atoms with van der Waals surface area (Å²) < 4.78 is 0. The minimum absolute atomic E-state index is 0.157. The minimum Gasteiger partial charge on any atom is -0.347 e. The van der Waals surface area contributed by atoms with Gasteiger partial charge in [0.15, 0.2) is 0 Å². The van der Waals surface area contributed by atoms with E-state index in [1.165, 1.54) is 6.92 Å². The summed E-state index contributed by atoms with van der Waals surface area (Å²) in [5, 5.41) is 6.54. The Labute approximate surface area is 127 Å². The topological polar surface area (TPSA) is 71.1 Å². The van der Waals surface area contributed by atoms with Crippen LogP contribution in [0.5, 0.6) is 0 Å². The molecule has 0 saturated heterocycles. The van der Waals surface area contributed by atoms with Crippen molar-refractivity contribution in [1.29, 1.82) is 0 Å². The van der Waals surface area contributed by atoms with Crippen LogP contribution in [0.3, 0.4) is 0 Å². The molecule has 0 fully saturated rings. The Kier molecular flexibility index (Phi) is 4.70. The second-order valence-electron chi connectivity index (χ2n) is 4.74. The van der Waals surface area contributed by atoms with Crippen LogP contribution < -0.4 is 10.6 Å². The van der Waals surface area contributed by atoms with Gasteiger partial charge in [-0.05, 0) is 31.5 Å². The van der Waals surface area contributed by atoms with Crippen LogP contribution in [0, 0.1) is 13.8 Å². The van der Waals surface area contributed by atoms with E-state index in [1.807, 2.05) is 19.9 Å². The molecule has 5 nitrogen and oxygen atoms in total. The lowest BCUT2D eigenvalue weighted by Gasteiger charge is -2.09. The normalized spacial score (nSPS) is 10.2. The van der Waals surface area contributed by atoms with E-state index >= 15 is 0 Å². The molecule has 0 radical (unpaired) electrons. The van der Waals surface area contributed by atoms with Gasteiger partial charge in [-0.2, -0.15) is 0 Å². The molecular formula is C15H17N3O2S. The number of aromatic nitrogens is 1. The molecule has 0 aliphatic heterocycles. The molecule has 1 aromatic carbocycles. The lowest BCUT2D eigenvalue weighted by molar-refractivity contribution is -0.114. The molecule has 1 heterocycles. The molecule has 2 rings (SSSR count). The quantitative estimate of drug-likeness (QED) is 0.912. The summed E-state index contributed by atoms with van der Waals surface area (Å²) in [5.74, 6) is -0.330. The zero-order chi connectivity index (χ0) is 15.4. The van der Waals surface area contributed by atoms with E-state index in [2.05, 4.69) is 15.6 Å². The number of amides is 2. The van der Waals surface area contributed by atoms with Gasteiger partial charge < -0.3 is 10.6 Å². The van der Waals surface area contributed by atoms with Crippen molar-refractivity contribution in [2.45, 2.75) is 27.3 Å². The van der Waals surface area contributed by atoms with Crippen molar-refractivity contribution in [1.82, 2.24) is 10.3 Å². The highest BCUT2D eigenvalue weighted by Gasteiger charge is 2.09. The molecule has 6 heteroatoms. The van der Waals surface area contributed by atoms with Crippen LogP contribution in [0.2, 0.25) is 0 Å². The highest BCUT2D eigenvalue weighted by Crippen LogP contribution is 2.17. The number of carbonyl (C=O) groups excluding carboxylic acids is 2. The molecule has 0 aliphatic rings. The number of carbonyl (C=O) groups is 2. The monoisotopic (exact) mass is 303 g/mol. The van der Waals surface area contributed by atoms with Crippen molar-refractivity contribution >= 4 is 28.8 Å². The van der Waals surface area contributed by atoms with E-state index in [9.17, 15) is 9.59 Å². The Morgan fingerprint density at radius 1 is 1.29 bits per heavy atom. The van der Waals surface area contributed by atoms with Crippen molar-refractivity contribution in [2.75, 3.05) is 5.32 Å². The predicted molar refractivity (Wildman–Crippen MR) is 83.5 cm³/mol. The zero-order valence-corrected chi connectivity index (χ0v) is 13.0. The first-order valence-electron chi connectivity index (χ1n) is 6.53. The Hall–Kier alpha value is -2.21. The van der Waals surface area contributed by atoms with Crippen molar-refractivity contribution in [3.05, 3.63) is 45.4 Å². The standard InChI is InChI=1S/C15H17N3O2S/c1-9-4-5-12(6-14(9)18-10(2)19)15(20)17-8-13-7-16-11(3)21-13/h4-7H,8H2,1-3H3,(H,17,20)(H,18,19). The molecule has 0 saturated carbocycles. The molecule has 0 bridgehead atoms. The van der Waals surface area contributed by atoms with Crippen LogP contribution in [-0.2, 0) is 11.3 Å². The number of hydrogen-bond acceptors (Lipinski definition) is 4. The van der Waals surface area contributed by atoms with Gasteiger partial charge in [-0.15, -0.1) is 11.3 Å². The van der Waals surface area contributed by atoms with Crippen LogP contribution in [0.25, 0.3) is 0 Å². The zero-order valence-electron chi connectivity index (χ0n) is 12.2. The van der Waals surface area contributed by atoms with Gasteiger partial charge in [-0.25, -0.2) is 4.98 Å². The van der Waals surface area contributed by atoms with E-state index in [0.717, 1.165) is 15.4 Å². The molecule has 2 N–H and O–H groups in total. The van der Waals surface area contributed by atoms with Crippen molar-refractivity contribution < 1.29 is 9.59 Å². The van der Waals surface area contributed by atoms with E-state index < -0.39 is 0 Å². The molecule has 21 heavy (non-hydrogen) atoms. The summed E-state index contributed by atoms with van der Waals surface area (Å²) in [6.07, 6.45) is 1.76. The average Bonchev–Trinajstić information content (AvgIpc) is 2.84. The minimum atomic E-state index is -0.173. The van der Waals surface area contributed by atoms with Crippen LogP contribution in [0.1, 0.15) is 32.7 Å². The highest BCUT2D eigenvalue weighted by molar-refractivity contribution is 7.11. The average molecular weight is 303 g/mol. The molecule has 0 spiro atoms. The second kappa shape index (κ2) is 6.49. The van der Waals surface area contributed by atoms with Gasteiger partial charge in [-0.3, -0.25) is 9.59 Å². The number of benzene rings is 1. The van der Waals surface area contributed by atoms with E-state index in [-0.39, 0.29) is 11.8 Å². The molecule has 0 atom stereocenters. The van der Waals surface area contributed by atoms with Gasteiger partial charge >= 0.3 is 0 Å². The van der Waals surface area contributed by atoms with Crippen LogP contribution in [-0.4, -0.2) is 16.8 Å². The highest BCUT2D eigenvalue weighted by atomic mass is 32.1. The first kappa shape index (κ1) is 15.2. The third-order valence-corrected chi connectivity index (χ3v) is 3.82. The maximum Gasteiger partial charge on any atom is 0.251 e. The van der Waals surface area contributed by atoms with Crippen LogP contribution in [0.15, 0.2) is 24.4 Å². The third kappa shape index (κ3) is 4.13. The molecule has 1 aromatic heterocycles. The molecule has 2 amide bonds. The van der Waals surface area contributed by atoms with Gasteiger partial charge in [0, 0.05) is 29.2 Å². The predicted octanol–water partition coefficient (Wildman–Crippen LogP) is 2.65. The van der Waals surface area contributed by atoms with Crippen molar-refractivity contribution in [3.8, 4) is 0 Å². The molecule has 0 unspecified atom stereocenters. The van der Waals surface area contributed by atoms with Crippen LogP contribution >= 0.6 is 11.3 Å². The number of nitrogens with one attached hydrogen (secondary N) is 2. The fraction of sp³-hybridized carbons (Fsp3) is 0.267. The Balaban J connectivity index is 2.06. The maximum atomic E-state index is 12.1. The smallest absolute Gasteiger partial charge is 0.251 e. The van der Waals surface area contributed by atoms with Gasteiger partial charge in [0.25, 0.3) is 5.91 Å². The molecule has 2 aromatic rings. The molecular weight excluding hydrogens is 286 g/mol. The number of hydrogen-bond donors (Lipinski definition) is 2. The summed E-state index contributed by atoms with van der Waals surface area (Å²) in [6, 6.07) is 5.24. The number of aryl methyl sites for hydroxylation is 2. The van der Waals surface area contributed by atoms with Crippen LogP contribution in [0.4, 0.5) is 5.69 Å². The summed E-state index contributed by atoms with van der Waals surface area (Å²) in [6.45, 7) is 5.70. The molecule has 110 valence electrons. The fourth-order valence-corrected chi connectivity index (χ4v) is 2.58. The van der Waals surface area contributed by atoms with Crippen molar-refractivity contribution in [3.63, 3.8) is 0 Å². The summed E-state index contributed by atoms with van der Waals surface area (Å²) in [7, 11) is 0. The number of anilines is 1. The largest absolute Gasteiger partial charge is 0.347 e. The Bertz CT molecular complexity index is 679. The van der Waals surface area contributed by atoms with E-state index in [0.29, 0.717) is 17.8 Å². The molecule has 0 aliphatic carbocycles. The van der Waals surface area contributed by atoms with Crippen molar-refractivity contribution in [2.24, 2.45) is 0 Å². The second-order valence-corrected chi connectivity index (χ2v) is 6.06. The van der Waals surface area contributed by atoms with Gasteiger partial charge in [0.2, 0.25) is 5.91 Å². The first-order chi connectivity index (χ1) is 9.95. The van der Waals surface area contributed by atoms with E-state index in [1.54, 1.807) is 29.7 Å². The van der Waals surface area contributed by atoms with Gasteiger partial charge in [-0.1, -0.05) is 6.07 Å². The third-order valence-electron chi connectivity index (χ3n) is 2.90. The number of nitrogens with zero attached hydrogens (tertiary/aromatic N) is 1. The fourth-order valence-electron chi connectivity index (χ4n) is 1.84. The van der Waals surface area contributed by atoms with Gasteiger partial charge in [0.05, 0.1) is 11.6 Å².